The molecule has 0 radical (unpaired) electrons. The molecule has 3 unspecified atom stereocenters. The summed E-state index contributed by atoms with van der Waals surface area (Å²) in [6, 6.07) is 0. The molecule has 2 heterocycles. The smallest absolute Gasteiger partial charge is 0.138 e. The SMILES string of the molecule is CCc1ncn(C2CC(O)C(CO)O2)c1C. The van der Waals surface area contributed by atoms with Crippen LogP contribution in [0.3, 0.4) is 0 Å². The average molecular weight is 226 g/mol. The Bertz CT molecular complexity index is 364. The van der Waals surface area contributed by atoms with E-state index in [-0.39, 0.29) is 12.8 Å². The molecule has 1 aliphatic rings. The number of rotatable bonds is 3. The topological polar surface area (TPSA) is 67.5 Å². The monoisotopic (exact) mass is 226 g/mol. The summed E-state index contributed by atoms with van der Waals surface area (Å²) in [6.45, 7) is 3.90. The second-order valence-corrected chi connectivity index (χ2v) is 4.15. The van der Waals surface area contributed by atoms with Crippen LogP contribution in [0.25, 0.3) is 0 Å². The van der Waals surface area contributed by atoms with Gasteiger partial charge in [-0.3, -0.25) is 0 Å². The Balaban J connectivity index is 2.17. The van der Waals surface area contributed by atoms with Crippen molar-refractivity contribution in [2.24, 2.45) is 0 Å². The Kier molecular flexibility index (Phi) is 3.28. The number of hydrogen-bond donors (Lipinski definition) is 2. The summed E-state index contributed by atoms with van der Waals surface area (Å²) in [7, 11) is 0. The lowest BCUT2D eigenvalue weighted by Gasteiger charge is -2.14. The lowest BCUT2D eigenvalue weighted by atomic mass is 10.2. The highest BCUT2D eigenvalue weighted by Crippen LogP contribution is 2.30. The van der Waals surface area contributed by atoms with E-state index in [0.29, 0.717) is 6.42 Å². The molecule has 3 atom stereocenters. The predicted octanol–water partition coefficient (Wildman–Crippen LogP) is 0.395. The number of aliphatic hydroxyl groups excluding tert-OH is 2. The number of imidazole rings is 1. The molecule has 0 aromatic carbocycles. The molecule has 90 valence electrons. The molecule has 0 aliphatic carbocycles. The maximum atomic E-state index is 9.66. The number of aliphatic hydroxyl groups is 2. The van der Waals surface area contributed by atoms with Crippen molar-refractivity contribution in [1.82, 2.24) is 9.55 Å². The summed E-state index contributed by atoms with van der Waals surface area (Å²) in [6.07, 6.45) is 1.85. The zero-order valence-corrected chi connectivity index (χ0v) is 9.63. The summed E-state index contributed by atoms with van der Waals surface area (Å²) < 4.78 is 7.50. The van der Waals surface area contributed by atoms with Gasteiger partial charge in [0.2, 0.25) is 0 Å². The van der Waals surface area contributed by atoms with Gasteiger partial charge in [0.25, 0.3) is 0 Å². The van der Waals surface area contributed by atoms with Crippen molar-refractivity contribution < 1.29 is 14.9 Å². The van der Waals surface area contributed by atoms with E-state index in [1.807, 2.05) is 11.5 Å². The quantitative estimate of drug-likeness (QED) is 0.782. The molecule has 1 saturated heterocycles. The number of ether oxygens (including phenoxy) is 1. The van der Waals surface area contributed by atoms with E-state index < -0.39 is 12.2 Å². The van der Waals surface area contributed by atoms with Crippen LogP contribution >= 0.6 is 0 Å². The van der Waals surface area contributed by atoms with E-state index in [0.717, 1.165) is 17.8 Å². The minimum atomic E-state index is -0.595. The first kappa shape index (κ1) is 11.6. The van der Waals surface area contributed by atoms with Crippen LogP contribution in [-0.2, 0) is 11.2 Å². The van der Waals surface area contributed by atoms with Crippen LogP contribution in [0, 0.1) is 6.92 Å². The van der Waals surface area contributed by atoms with Gasteiger partial charge in [-0.25, -0.2) is 4.98 Å². The van der Waals surface area contributed by atoms with Crippen LogP contribution in [0.1, 0.15) is 31.0 Å². The molecule has 0 saturated carbocycles. The molecule has 1 aromatic heterocycles. The molecule has 5 nitrogen and oxygen atoms in total. The van der Waals surface area contributed by atoms with Gasteiger partial charge in [0.1, 0.15) is 12.3 Å². The third-order valence-electron chi connectivity index (χ3n) is 3.17. The zero-order chi connectivity index (χ0) is 11.7. The summed E-state index contributed by atoms with van der Waals surface area (Å²) in [5, 5.41) is 18.7. The summed E-state index contributed by atoms with van der Waals surface area (Å²) in [4.78, 5) is 4.29. The standard InChI is InChI=1S/C11H18N2O3/c1-3-8-7(2)13(6-12-8)11-4-9(15)10(5-14)16-11/h6,9-11,14-15H,3-5H2,1-2H3. The molecular weight excluding hydrogens is 208 g/mol. The highest BCUT2D eigenvalue weighted by Gasteiger charge is 2.34. The maximum absolute atomic E-state index is 9.66. The van der Waals surface area contributed by atoms with Gasteiger partial charge in [-0.2, -0.15) is 0 Å². The first-order valence-corrected chi connectivity index (χ1v) is 5.64. The van der Waals surface area contributed by atoms with E-state index >= 15 is 0 Å². The number of aromatic nitrogens is 2. The fourth-order valence-corrected chi connectivity index (χ4v) is 2.15. The molecule has 1 fully saturated rings. The van der Waals surface area contributed by atoms with Crippen molar-refractivity contribution in [3.8, 4) is 0 Å². The van der Waals surface area contributed by atoms with Gasteiger partial charge in [0.05, 0.1) is 24.7 Å². The van der Waals surface area contributed by atoms with Crippen LogP contribution in [0.2, 0.25) is 0 Å². The molecule has 5 heteroatoms. The van der Waals surface area contributed by atoms with Gasteiger partial charge < -0.3 is 19.5 Å². The molecule has 0 spiro atoms. The second kappa shape index (κ2) is 4.53. The Hall–Kier alpha value is -0.910. The third kappa shape index (κ3) is 1.86. The van der Waals surface area contributed by atoms with Crippen molar-refractivity contribution in [3.05, 3.63) is 17.7 Å². The maximum Gasteiger partial charge on any atom is 0.138 e. The van der Waals surface area contributed by atoms with E-state index in [2.05, 4.69) is 11.9 Å². The molecule has 2 rings (SSSR count). The van der Waals surface area contributed by atoms with Gasteiger partial charge in [-0.05, 0) is 13.3 Å². The van der Waals surface area contributed by atoms with Crippen LogP contribution in [-0.4, -0.2) is 38.6 Å². The molecule has 1 aromatic rings. The van der Waals surface area contributed by atoms with E-state index in [1.54, 1.807) is 6.33 Å². The average Bonchev–Trinajstić information content (AvgIpc) is 2.81. The Morgan fingerprint density at radius 2 is 2.38 bits per heavy atom. The predicted molar refractivity (Wildman–Crippen MR) is 58.0 cm³/mol. The number of aryl methyl sites for hydroxylation is 1. The van der Waals surface area contributed by atoms with Gasteiger partial charge in [0.15, 0.2) is 0 Å². The molecule has 0 bridgehead atoms. The minimum Gasteiger partial charge on any atom is -0.394 e. The Morgan fingerprint density at radius 1 is 1.62 bits per heavy atom. The third-order valence-corrected chi connectivity index (χ3v) is 3.17. The Morgan fingerprint density at radius 3 is 2.88 bits per heavy atom. The van der Waals surface area contributed by atoms with Gasteiger partial charge in [-0.1, -0.05) is 6.92 Å². The first-order valence-electron chi connectivity index (χ1n) is 5.64. The van der Waals surface area contributed by atoms with Gasteiger partial charge in [-0.15, -0.1) is 0 Å². The fraction of sp³-hybridized carbons (Fsp3) is 0.727. The van der Waals surface area contributed by atoms with E-state index in [9.17, 15) is 5.11 Å². The molecule has 1 aliphatic heterocycles. The molecule has 2 N–H and O–H groups in total. The highest BCUT2D eigenvalue weighted by atomic mass is 16.5. The second-order valence-electron chi connectivity index (χ2n) is 4.15. The minimum absolute atomic E-state index is 0.147. The molecular formula is C11H18N2O3. The lowest BCUT2D eigenvalue weighted by Crippen LogP contribution is -2.24. The van der Waals surface area contributed by atoms with Crippen LogP contribution in [0.5, 0.6) is 0 Å². The van der Waals surface area contributed by atoms with Crippen molar-refractivity contribution in [1.29, 1.82) is 0 Å². The number of nitrogens with zero attached hydrogens (tertiary/aromatic N) is 2. The van der Waals surface area contributed by atoms with Crippen molar-refractivity contribution >= 4 is 0 Å². The Labute approximate surface area is 94.7 Å². The lowest BCUT2D eigenvalue weighted by molar-refractivity contribution is -0.0449. The van der Waals surface area contributed by atoms with Crippen molar-refractivity contribution in [2.75, 3.05) is 6.61 Å². The van der Waals surface area contributed by atoms with Crippen LogP contribution in [0.4, 0.5) is 0 Å². The van der Waals surface area contributed by atoms with Gasteiger partial charge in [0, 0.05) is 12.1 Å². The molecule has 0 amide bonds. The highest BCUT2D eigenvalue weighted by molar-refractivity contribution is 5.11. The summed E-state index contributed by atoms with van der Waals surface area (Å²) in [5.74, 6) is 0. The van der Waals surface area contributed by atoms with Gasteiger partial charge >= 0.3 is 0 Å². The van der Waals surface area contributed by atoms with Crippen molar-refractivity contribution in [2.45, 2.75) is 45.1 Å². The first-order chi connectivity index (χ1) is 7.67. The van der Waals surface area contributed by atoms with E-state index in [1.165, 1.54) is 0 Å². The van der Waals surface area contributed by atoms with Crippen molar-refractivity contribution in [3.63, 3.8) is 0 Å². The number of hydrogen-bond acceptors (Lipinski definition) is 4. The van der Waals surface area contributed by atoms with Crippen LogP contribution in [0.15, 0.2) is 6.33 Å². The normalized spacial score (nSPS) is 29.9. The zero-order valence-electron chi connectivity index (χ0n) is 9.63. The largest absolute Gasteiger partial charge is 0.394 e. The van der Waals surface area contributed by atoms with E-state index in [4.69, 9.17) is 9.84 Å². The van der Waals surface area contributed by atoms with Crippen LogP contribution < -0.4 is 0 Å². The molecule has 16 heavy (non-hydrogen) atoms. The fourth-order valence-electron chi connectivity index (χ4n) is 2.15. The summed E-state index contributed by atoms with van der Waals surface area (Å²) in [5.41, 5.74) is 2.11. The summed E-state index contributed by atoms with van der Waals surface area (Å²) >= 11 is 0.